The summed E-state index contributed by atoms with van der Waals surface area (Å²) >= 11 is 0. The van der Waals surface area contributed by atoms with Crippen LogP contribution in [0, 0.1) is 0 Å². The largest absolute Gasteiger partial charge is 0.444 e. The summed E-state index contributed by atoms with van der Waals surface area (Å²) in [7, 11) is -1.80. The van der Waals surface area contributed by atoms with Crippen molar-refractivity contribution in [2.75, 3.05) is 0 Å². The minimum atomic E-state index is -1.80. The first kappa shape index (κ1) is 20.2. The Kier molecular flexibility index (Phi) is 7.42. The standard InChI is InChI=1S/C21H29NO3Si/c1-5-20(25-26(2,3)4)22(16-18-12-8-6-9-13-18)21(23)24-17-19-14-10-7-11-15-19/h6-15,20H,5,16-17H2,1-4H3. The first-order valence-corrected chi connectivity index (χ1v) is 12.5. The van der Waals surface area contributed by atoms with E-state index < -0.39 is 8.32 Å². The second-order valence-electron chi connectivity index (χ2n) is 7.25. The van der Waals surface area contributed by atoms with E-state index in [2.05, 4.69) is 19.6 Å². The predicted molar refractivity (Wildman–Crippen MR) is 107 cm³/mol. The van der Waals surface area contributed by atoms with E-state index in [1.807, 2.05) is 67.6 Å². The summed E-state index contributed by atoms with van der Waals surface area (Å²) in [6, 6.07) is 19.7. The highest BCUT2D eigenvalue weighted by Gasteiger charge is 2.29. The molecule has 26 heavy (non-hydrogen) atoms. The van der Waals surface area contributed by atoms with Gasteiger partial charge in [-0.2, -0.15) is 0 Å². The van der Waals surface area contributed by atoms with E-state index in [0.29, 0.717) is 6.54 Å². The van der Waals surface area contributed by atoms with Crippen LogP contribution in [0.2, 0.25) is 19.6 Å². The maximum atomic E-state index is 12.8. The van der Waals surface area contributed by atoms with Crippen LogP contribution in [0.4, 0.5) is 4.79 Å². The molecule has 0 radical (unpaired) electrons. The Labute approximate surface area is 157 Å². The molecular formula is C21H29NO3Si. The van der Waals surface area contributed by atoms with Gasteiger partial charge in [-0.25, -0.2) is 4.79 Å². The number of carbonyl (C=O) groups excluding carboxylic acids is 1. The van der Waals surface area contributed by atoms with Gasteiger partial charge < -0.3 is 9.16 Å². The Hall–Kier alpha value is -2.11. The lowest BCUT2D eigenvalue weighted by Gasteiger charge is -2.34. The fourth-order valence-corrected chi connectivity index (χ4v) is 3.75. The summed E-state index contributed by atoms with van der Waals surface area (Å²) in [4.78, 5) is 14.6. The van der Waals surface area contributed by atoms with Gasteiger partial charge in [0.25, 0.3) is 0 Å². The van der Waals surface area contributed by atoms with E-state index >= 15 is 0 Å². The van der Waals surface area contributed by atoms with E-state index in [-0.39, 0.29) is 18.9 Å². The molecule has 0 spiro atoms. The lowest BCUT2D eigenvalue weighted by molar-refractivity contribution is 0.00148. The van der Waals surface area contributed by atoms with Crippen molar-refractivity contribution in [2.24, 2.45) is 0 Å². The molecule has 1 amide bonds. The van der Waals surface area contributed by atoms with Crippen LogP contribution in [0.1, 0.15) is 24.5 Å². The molecule has 2 aromatic rings. The van der Waals surface area contributed by atoms with Gasteiger partial charge in [0, 0.05) is 0 Å². The summed E-state index contributed by atoms with van der Waals surface area (Å²) < 4.78 is 11.8. The van der Waals surface area contributed by atoms with Crippen molar-refractivity contribution in [2.45, 2.75) is 52.4 Å². The van der Waals surface area contributed by atoms with Crippen LogP contribution in [0.25, 0.3) is 0 Å². The zero-order chi connectivity index (χ0) is 19.0. The molecule has 0 bridgehead atoms. The summed E-state index contributed by atoms with van der Waals surface area (Å²) in [6.45, 7) is 9.15. The number of nitrogens with zero attached hydrogens (tertiary/aromatic N) is 1. The molecule has 4 nitrogen and oxygen atoms in total. The first-order valence-electron chi connectivity index (χ1n) is 9.08. The first-order chi connectivity index (χ1) is 12.4. The van der Waals surface area contributed by atoms with Crippen LogP contribution in [0.15, 0.2) is 60.7 Å². The van der Waals surface area contributed by atoms with E-state index in [1.165, 1.54) is 0 Å². The third-order valence-corrected chi connectivity index (χ3v) is 4.80. The van der Waals surface area contributed by atoms with Crippen molar-refractivity contribution in [3.63, 3.8) is 0 Å². The lowest BCUT2D eigenvalue weighted by Crippen LogP contribution is -2.46. The second-order valence-corrected chi connectivity index (χ2v) is 11.7. The fraction of sp³-hybridized carbons (Fsp3) is 0.381. The Bertz CT molecular complexity index is 671. The van der Waals surface area contributed by atoms with Crippen molar-refractivity contribution in [1.29, 1.82) is 0 Å². The molecule has 1 unspecified atom stereocenters. The van der Waals surface area contributed by atoms with Crippen LogP contribution < -0.4 is 0 Å². The van der Waals surface area contributed by atoms with Gasteiger partial charge in [0.2, 0.25) is 0 Å². The summed E-state index contributed by atoms with van der Waals surface area (Å²) in [5.74, 6) is 0. The molecule has 5 heteroatoms. The van der Waals surface area contributed by atoms with E-state index in [9.17, 15) is 4.79 Å². The average molecular weight is 372 g/mol. The zero-order valence-corrected chi connectivity index (χ0v) is 17.1. The van der Waals surface area contributed by atoms with Crippen LogP contribution in [-0.4, -0.2) is 25.5 Å². The maximum absolute atomic E-state index is 12.8. The van der Waals surface area contributed by atoms with E-state index in [0.717, 1.165) is 17.5 Å². The molecule has 0 saturated heterocycles. The van der Waals surface area contributed by atoms with Gasteiger partial charge in [-0.1, -0.05) is 67.6 Å². The molecule has 0 heterocycles. The molecule has 0 aromatic heterocycles. The topological polar surface area (TPSA) is 38.8 Å². The number of benzene rings is 2. The normalized spacial score (nSPS) is 12.5. The van der Waals surface area contributed by atoms with Crippen molar-refractivity contribution in [3.05, 3.63) is 71.8 Å². The highest BCUT2D eigenvalue weighted by atomic mass is 28.4. The number of carbonyl (C=O) groups is 1. The molecule has 0 saturated carbocycles. The molecule has 0 N–H and O–H groups in total. The van der Waals surface area contributed by atoms with Crippen molar-refractivity contribution >= 4 is 14.4 Å². The van der Waals surface area contributed by atoms with Gasteiger partial charge in [0.05, 0.1) is 6.54 Å². The SMILES string of the molecule is CCC(O[Si](C)(C)C)N(Cc1ccccc1)C(=O)OCc1ccccc1. The van der Waals surface area contributed by atoms with E-state index in [4.69, 9.17) is 9.16 Å². The molecule has 0 aliphatic carbocycles. The number of amides is 1. The van der Waals surface area contributed by atoms with Crippen molar-refractivity contribution < 1.29 is 14.0 Å². The summed E-state index contributed by atoms with van der Waals surface area (Å²) in [5, 5.41) is 0. The molecule has 2 rings (SSSR count). The van der Waals surface area contributed by atoms with Crippen molar-refractivity contribution in [1.82, 2.24) is 4.90 Å². The number of hydrogen-bond donors (Lipinski definition) is 0. The van der Waals surface area contributed by atoms with Gasteiger partial charge >= 0.3 is 6.09 Å². The Morgan fingerprint density at radius 2 is 1.50 bits per heavy atom. The lowest BCUT2D eigenvalue weighted by atomic mass is 10.2. The van der Waals surface area contributed by atoms with Crippen LogP contribution in [-0.2, 0) is 22.3 Å². The number of hydrogen-bond acceptors (Lipinski definition) is 3. The third-order valence-electron chi connectivity index (χ3n) is 3.82. The molecule has 1 atom stereocenters. The quantitative estimate of drug-likeness (QED) is 0.460. The predicted octanol–water partition coefficient (Wildman–Crippen LogP) is 5.41. The van der Waals surface area contributed by atoms with Gasteiger partial charge in [0.1, 0.15) is 12.8 Å². The van der Waals surface area contributed by atoms with Gasteiger partial charge in [-0.05, 0) is 37.2 Å². The van der Waals surface area contributed by atoms with Crippen molar-refractivity contribution in [3.8, 4) is 0 Å². The Morgan fingerprint density at radius 3 is 2.00 bits per heavy atom. The Balaban J connectivity index is 2.13. The molecule has 2 aromatic carbocycles. The monoisotopic (exact) mass is 371 g/mol. The fourth-order valence-electron chi connectivity index (χ4n) is 2.64. The summed E-state index contributed by atoms with van der Waals surface area (Å²) in [6.07, 6.45) is 0.0883. The molecule has 0 aliphatic heterocycles. The smallest absolute Gasteiger partial charge is 0.412 e. The number of rotatable bonds is 8. The molecular weight excluding hydrogens is 342 g/mol. The van der Waals surface area contributed by atoms with Crippen LogP contribution in [0.3, 0.4) is 0 Å². The minimum Gasteiger partial charge on any atom is -0.444 e. The summed E-state index contributed by atoms with van der Waals surface area (Å²) in [5.41, 5.74) is 2.03. The maximum Gasteiger partial charge on any atom is 0.412 e. The highest BCUT2D eigenvalue weighted by molar-refractivity contribution is 6.69. The molecule has 0 fully saturated rings. The molecule has 0 aliphatic rings. The van der Waals surface area contributed by atoms with Crippen LogP contribution in [0.5, 0.6) is 0 Å². The average Bonchev–Trinajstić information content (AvgIpc) is 2.63. The highest BCUT2D eigenvalue weighted by Crippen LogP contribution is 2.19. The molecule has 140 valence electrons. The number of ether oxygens (including phenoxy) is 1. The zero-order valence-electron chi connectivity index (χ0n) is 16.1. The minimum absolute atomic E-state index is 0.258. The van der Waals surface area contributed by atoms with Gasteiger partial charge in [-0.3, -0.25) is 4.90 Å². The second kappa shape index (κ2) is 9.55. The Morgan fingerprint density at radius 1 is 0.962 bits per heavy atom. The van der Waals surface area contributed by atoms with Crippen LogP contribution >= 0.6 is 0 Å². The van der Waals surface area contributed by atoms with Gasteiger partial charge in [-0.15, -0.1) is 0 Å². The van der Waals surface area contributed by atoms with Gasteiger partial charge in [0.15, 0.2) is 8.32 Å². The van der Waals surface area contributed by atoms with E-state index in [1.54, 1.807) is 4.90 Å². The third kappa shape index (κ3) is 6.65.